The third-order valence-corrected chi connectivity index (χ3v) is 9.74. The lowest BCUT2D eigenvalue weighted by atomic mass is 10.1. The van der Waals surface area contributed by atoms with Gasteiger partial charge in [-0.25, -0.2) is 0 Å². The highest BCUT2D eigenvalue weighted by atomic mass is 79.9. The number of halogens is 1. The van der Waals surface area contributed by atoms with Gasteiger partial charge in [0.05, 0.1) is 6.10 Å². The quantitative estimate of drug-likeness (QED) is 0.427. The smallest absolute Gasteiger partial charge is 0.192 e. The molecule has 0 radical (unpaired) electrons. The largest absolute Gasteiger partial charge is 0.410 e. The van der Waals surface area contributed by atoms with Gasteiger partial charge in [-0.15, -0.1) is 0 Å². The molecule has 0 aliphatic heterocycles. The van der Waals surface area contributed by atoms with Crippen molar-refractivity contribution in [3.8, 4) is 0 Å². The lowest BCUT2D eigenvalue weighted by Crippen LogP contribution is -2.43. The van der Waals surface area contributed by atoms with Crippen molar-refractivity contribution in [3.63, 3.8) is 0 Å². The Bertz CT molecular complexity index is 363. The van der Waals surface area contributed by atoms with E-state index in [0.29, 0.717) is 6.10 Å². The van der Waals surface area contributed by atoms with Crippen molar-refractivity contribution in [2.24, 2.45) is 0 Å². The summed E-state index contributed by atoms with van der Waals surface area (Å²) in [5.74, 6) is 0. The van der Waals surface area contributed by atoms with Gasteiger partial charge < -0.3 is 4.43 Å². The second-order valence-electron chi connectivity index (χ2n) is 6.92. The van der Waals surface area contributed by atoms with Crippen LogP contribution in [0.1, 0.15) is 53.4 Å². The zero-order valence-corrected chi connectivity index (χ0v) is 15.9. The first-order valence-corrected chi connectivity index (χ1v) is 11.1. The van der Waals surface area contributed by atoms with Gasteiger partial charge in [0.15, 0.2) is 8.32 Å². The minimum atomic E-state index is -1.67. The first kappa shape index (κ1) is 17.2. The highest BCUT2D eigenvalue weighted by Gasteiger charge is 2.40. The van der Waals surface area contributed by atoms with Crippen molar-refractivity contribution < 1.29 is 4.43 Å². The maximum absolute atomic E-state index is 6.59. The summed E-state index contributed by atoms with van der Waals surface area (Å²) in [5.41, 5.74) is 1.47. The number of rotatable bonds is 5. The van der Waals surface area contributed by atoms with E-state index >= 15 is 0 Å². The molecular weight excluding hydrogens is 316 g/mol. The molecule has 1 aliphatic carbocycles. The van der Waals surface area contributed by atoms with E-state index in [0.717, 1.165) is 25.7 Å². The molecule has 0 aromatic carbocycles. The average Bonchev–Trinajstić information content (AvgIpc) is 2.59. The molecule has 1 nitrogen and oxygen atoms in total. The lowest BCUT2D eigenvalue weighted by molar-refractivity contribution is 0.212. The fraction of sp³-hybridized carbons (Fsp3) is 0.750. The summed E-state index contributed by atoms with van der Waals surface area (Å²) >= 11 is 3.74. The molecule has 110 valence electrons. The maximum atomic E-state index is 6.59. The molecule has 0 fully saturated rings. The predicted octanol–water partition coefficient (Wildman–Crippen LogP) is 6.18. The van der Waals surface area contributed by atoms with E-state index < -0.39 is 8.32 Å². The van der Waals surface area contributed by atoms with Crippen LogP contribution >= 0.6 is 15.9 Å². The molecule has 0 spiro atoms. The SMILES string of the molecule is CC/C=C/CC1=C(Br)CCC1O[Si](C)(C)C(C)(C)C. The van der Waals surface area contributed by atoms with Crippen LogP contribution in [0.2, 0.25) is 18.1 Å². The Balaban J connectivity index is 2.76. The van der Waals surface area contributed by atoms with Crippen LogP contribution in [-0.4, -0.2) is 14.4 Å². The van der Waals surface area contributed by atoms with Gasteiger partial charge in [-0.2, -0.15) is 0 Å². The molecular formula is C16H29BrOSi. The molecule has 1 rings (SSSR count). The minimum Gasteiger partial charge on any atom is -0.410 e. The molecule has 1 unspecified atom stereocenters. The monoisotopic (exact) mass is 344 g/mol. The van der Waals surface area contributed by atoms with E-state index in [2.05, 4.69) is 68.9 Å². The van der Waals surface area contributed by atoms with Gasteiger partial charge in [0.25, 0.3) is 0 Å². The van der Waals surface area contributed by atoms with Crippen LogP contribution in [0.3, 0.4) is 0 Å². The van der Waals surface area contributed by atoms with Gasteiger partial charge in [0.2, 0.25) is 0 Å². The molecule has 0 aromatic rings. The topological polar surface area (TPSA) is 9.23 Å². The molecule has 0 amide bonds. The van der Waals surface area contributed by atoms with Crippen molar-refractivity contribution >= 4 is 24.2 Å². The van der Waals surface area contributed by atoms with Crippen molar-refractivity contribution in [3.05, 3.63) is 22.2 Å². The summed E-state index contributed by atoms with van der Waals surface area (Å²) in [4.78, 5) is 0. The van der Waals surface area contributed by atoms with Gasteiger partial charge >= 0.3 is 0 Å². The van der Waals surface area contributed by atoms with Crippen LogP contribution in [0.25, 0.3) is 0 Å². The molecule has 1 aliphatic rings. The second-order valence-corrected chi connectivity index (χ2v) is 12.6. The van der Waals surface area contributed by atoms with Gasteiger partial charge in [0.1, 0.15) is 0 Å². The lowest BCUT2D eigenvalue weighted by Gasteiger charge is -2.39. The van der Waals surface area contributed by atoms with Crippen molar-refractivity contribution in [1.82, 2.24) is 0 Å². The van der Waals surface area contributed by atoms with Crippen LogP contribution in [-0.2, 0) is 4.43 Å². The summed E-state index contributed by atoms with van der Waals surface area (Å²) in [6, 6.07) is 0. The van der Waals surface area contributed by atoms with Crippen LogP contribution in [0.4, 0.5) is 0 Å². The molecule has 0 saturated carbocycles. The van der Waals surface area contributed by atoms with Crippen molar-refractivity contribution in [1.29, 1.82) is 0 Å². The van der Waals surface area contributed by atoms with E-state index in [9.17, 15) is 0 Å². The predicted molar refractivity (Wildman–Crippen MR) is 91.3 cm³/mol. The summed E-state index contributed by atoms with van der Waals surface area (Å²) in [7, 11) is -1.67. The van der Waals surface area contributed by atoms with E-state index in [1.165, 1.54) is 10.1 Å². The number of hydrogen-bond donors (Lipinski definition) is 0. The molecule has 0 heterocycles. The Kier molecular flexibility index (Phi) is 6.09. The molecule has 19 heavy (non-hydrogen) atoms. The Morgan fingerprint density at radius 2 is 1.95 bits per heavy atom. The minimum absolute atomic E-state index is 0.284. The summed E-state index contributed by atoms with van der Waals surface area (Å²) < 4.78 is 7.97. The Morgan fingerprint density at radius 3 is 2.47 bits per heavy atom. The third kappa shape index (κ3) is 4.57. The van der Waals surface area contributed by atoms with Crippen LogP contribution in [0.15, 0.2) is 22.2 Å². The first-order chi connectivity index (χ1) is 8.69. The van der Waals surface area contributed by atoms with E-state index in [1.807, 2.05) is 0 Å². The standard InChI is InChI=1S/C16H29BrOSi/c1-7-8-9-10-13-14(17)11-12-15(13)18-19(5,6)16(2,3)4/h8-9,15H,7,10-12H2,1-6H3/b9-8+. The molecule has 0 N–H and O–H groups in total. The van der Waals surface area contributed by atoms with Crippen molar-refractivity contribution in [2.45, 2.75) is 77.6 Å². The maximum Gasteiger partial charge on any atom is 0.192 e. The molecule has 0 saturated heterocycles. The van der Waals surface area contributed by atoms with Gasteiger partial charge in [-0.1, -0.05) is 55.8 Å². The highest BCUT2D eigenvalue weighted by Crippen LogP contribution is 2.42. The molecule has 0 aromatic heterocycles. The van der Waals surface area contributed by atoms with Crippen LogP contribution in [0.5, 0.6) is 0 Å². The first-order valence-electron chi connectivity index (χ1n) is 7.39. The summed E-state index contributed by atoms with van der Waals surface area (Å²) in [6.45, 7) is 13.8. The molecule has 1 atom stereocenters. The normalized spacial score (nSPS) is 21.7. The molecule has 0 bridgehead atoms. The zero-order valence-electron chi connectivity index (χ0n) is 13.3. The van der Waals surface area contributed by atoms with Crippen LogP contribution in [0, 0.1) is 0 Å². The summed E-state index contributed by atoms with van der Waals surface area (Å²) in [5, 5.41) is 0.284. The Morgan fingerprint density at radius 1 is 1.32 bits per heavy atom. The Hall–Kier alpha value is 0.137. The zero-order chi connectivity index (χ0) is 14.7. The summed E-state index contributed by atoms with van der Waals surface area (Å²) in [6.07, 6.45) is 9.28. The average molecular weight is 345 g/mol. The van der Waals surface area contributed by atoms with E-state index in [4.69, 9.17) is 4.43 Å². The third-order valence-electron chi connectivity index (χ3n) is 4.35. The van der Waals surface area contributed by atoms with E-state index in [-0.39, 0.29) is 5.04 Å². The number of allylic oxidation sites excluding steroid dienone is 3. The Labute approximate surface area is 128 Å². The fourth-order valence-electron chi connectivity index (χ4n) is 2.05. The van der Waals surface area contributed by atoms with E-state index in [1.54, 1.807) is 0 Å². The fourth-order valence-corrected chi connectivity index (χ4v) is 4.02. The second kappa shape index (κ2) is 6.73. The number of hydrogen-bond acceptors (Lipinski definition) is 1. The highest BCUT2D eigenvalue weighted by molar-refractivity contribution is 9.11. The van der Waals surface area contributed by atoms with Gasteiger partial charge in [-0.05, 0) is 53.9 Å². The van der Waals surface area contributed by atoms with Crippen molar-refractivity contribution in [2.75, 3.05) is 0 Å². The molecule has 3 heteroatoms. The van der Waals surface area contributed by atoms with Gasteiger partial charge in [-0.3, -0.25) is 0 Å². The van der Waals surface area contributed by atoms with Gasteiger partial charge in [0, 0.05) is 0 Å². The van der Waals surface area contributed by atoms with Crippen LogP contribution < -0.4 is 0 Å².